The summed E-state index contributed by atoms with van der Waals surface area (Å²) in [6.07, 6.45) is 0.521. The Kier molecular flexibility index (Phi) is 1.92. The standard InChI is InChI=1S/C9H9F2NO/c10-5-1-2-7-8(9(5)11)6(12)3-4-13-7/h1-2,6H,3-4,12H2/t6-/m1/s1. The highest BCUT2D eigenvalue weighted by molar-refractivity contribution is 5.39. The second-order valence-electron chi connectivity index (χ2n) is 3.02. The summed E-state index contributed by atoms with van der Waals surface area (Å²) in [5, 5.41) is 0. The van der Waals surface area contributed by atoms with E-state index in [9.17, 15) is 8.78 Å². The van der Waals surface area contributed by atoms with E-state index in [0.29, 0.717) is 18.8 Å². The molecule has 1 aliphatic heterocycles. The van der Waals surface area contributed by atoms with Crippen LogP contribution in [0.4, 0.5) is 8.78 Å². The van der Waals surface area contributed by atoms with Crippen LogP contribution < -0.4 is 10.5 Å². The zero-order valence-electron chi connectivity index (χ0n) is 6.89. The summed E-state index contributed by atoms with van der Waals surface area (Å²) in [7, 11) is 0. The van der Waals surface area contributed by atoms with Gasteiger partial charge in [0.15, 0.2) is 11.6 Å². The van der Waals surface area contributed by atoms with E-state index in [1.54, 1.807) is 0 Å². The van der Waals surface area contributed by atoms with Crippen LogP contribution in [0.15, 0.2) is 12.1 Å². The molecule has 0 aliphatic carbocycles. The molecule has 0 aromatic heterocycles. The maximum Gasteiger partial charge on any atom is 0.167 e. The van der Waals surface area contributed by atoms with E-state index >= 15 is 0 Å². The molecule has 1 atom stereocenters. The number of benzene rings is 1. The van der Waals surface area contributed by atoms with Gasteiger partial charge in [-0.3, -0.25) is 0 Å². The summed E-state index contributed by atoms with van der Waals surface area (Å²) in [4.78, 5) is 0. The number of rotatable bonds is 0. The molecule has 2 rings (SSSR count). The topological polar surface area (TPSA) is 35.2 Å². The average Bonchev–Trinajstić information content (AvgIpc) is 2.12. The van der Waals surface area contributed by atoms with Gasteiger partial charge in [-0.2, -0.15) is 0 Å². The fourth-order valence-electron chi connectivity index (χ4n) is 1.46. The van der Waals surface area contributed by atoms with Crippen LogP contribution in [0.5, 0.6) is 5.75 Å². The molecule has 0 amide bonds. The van der Waals surface area contributed by atoms with Gasteiger partial charge in [-0.25, -0.2) is 8.78 Å². The third-order valence-corrected chi connectivity index (χ3v) is 2.15. The third kappa shape index (κ3) is 1.27. The quantitative estimate of drug-likeness (QED) is 0.668. The minimum Gasteiger partial charge on any atom is -0.493 e. The van der Waals surface area contributed by atoms with Crippen molar-refractivity contribution in [2.24, 2.45) is 5.73 Å². The van der Waals surface area contributed by atoms with E-state index in [4.69, 9.17) is 10.5 Å². The van der Waals surface area contributed by atoms with Crippen LogP contribution in [0.1, 0.15) is 18.0 Å². The van der Waals surface area contributed by atoms with E-state index in [1.807, 2.05) is 0 Å². The van der Waals surface area contributed by atoms with Crippen molar-refractivity contribution < 1.29 is 13.5 Å². The van der Waals surface area contributed by atoms with Gasteiger partial charge < -0.3 is 10.5 Å². The summed E-state index contributed by atoms with van der Waals surface area (Å²) in [5.41, 5.74) is 5.79. The third-order valence-electron chi connectivity index (χ3n) is 2.15. The number of halogens is 2. The molecule has 0 radical (unpaired) electrons. The minimum atomic E-state index is -0.885. The highest BCUT2D eigenvalue weighted by Crippen LogP contribution is 2.33. The molecule has 1 aromatic rings. The van der Waals surface area contributed by atoms with Gasteiger partial charge in [0.2, 0.25) is 0 Å². The molecule has 2 N–H and O–H groups in total. The zero-order valence-corrected chi connectivity index (χ0v) is 6.89. The van der Waals surface area contributed by atoms with Gasteiger partial charge >= 0.3 is 0 Å². The highest BCUT2D eigenvalue weighted by atomic mass is 19.2. The van der Waals surface area contributed by atoms with Crippen LogP contribution in [0.2, 0.25) is 0 Å². The lowest BCUT2D eigenvalue weighted by molar-refractivity contribution is 0.261. The van der Waals surface area contributed by atoms with Crippen LogP contribution in [0, 0.1) is 11.6 Å². The lowest BCUT2D eigenvalue weighted by Gasteiger charge is -2.23. The second-order valence-corrected chi connectivity index (χ2v) is 3.02. The fourth-order valence-corrected chi connectivity index (χ4v) is 1.46. The number of nitrogens with two attached hydrogens (primary N) is 1. The van der Waals surface area contributed by atoms with Crippen molar-refractivity contribution in [2.45, 2.75) is 12.5 Å². The molecule has 4 heteroatoms. The SMILES string of the molecule is N[C@@H]1CCOc2ccc(F)c(F)c21. The molecule has 0 bridgehead atoms. The normalized spacial score (nSPS) is 20.7. The lowest BCUT2D eigenvalue weighted by atomic mass is 10.0. The van der Waals surface area contributed by atoms with Crippen molar-refractivity contribution in [2.75, 3.05) is 6.61 Å². The monoisotopic (exact) mass is 185 g/mol. The van der Waals surface area contributed by atoms with E-state index in [-0.39, 0.29) is 5.56 Å². The number of fused-ring (bicyclic) bond motifs is 1. The summed E-state index contributed by atoms with van der Waals surface area (Å²) in [6, 6.07) is 2.00. The van der Waals surface area contributed by atoms with Crippen molar-refractivity contribution >= 4 is 0 Å². The van der Waals surface area contributed by atoms with Crippen LogP contribution in [0.3, 0.4) is 0 Å². The van der Waals surface area contributed by atoms with Gasteiger partial charge in [-0.15, -0.1) is 0 Å². The summed E-state index contributed by atoms with van der Waals surface area (Å²) >= 11 is 0. The maximum absolute atomic E-state index is 13.2. The molecule has 70 valence electrons. The predicted molar refractivity (Wildman–Crippen MR) is 43.4 cm³/mol. The Hall–Kier alpha value is -1.16. The Balaban J connectivity index is 2.58. The number of ether oxygens (including phenoxy) is 1. The number of hydrogen-bond donors (Lipinski definition) is 1. The Morgan fingerprint density at radius 2 is 2.15 bits per heavy atom. The Morgan fingerprint density at radius 3 is 2.92 bits per heavy atom. The van der Waals surface area contributed by atoms with Gasteiger partial charge in [0.1, 0.15) is 5.75 Å². The molecule has 0 unspecified atom stereocenters. The first-order valence-electron chi connectivity index (χ1n) is 4.06. The van der Waals surface area contributed by atoms with Crippen molar-refractivity contribution in [3.8, 4) is 5.75 Å². The van der Waals surface area contributed by atoms with Gasteiger partial charge in [0.25, 0.3) is 0 Å². The van der Waals surface area contributed by atoms with E-state index in [2.05, 4.69) is 0 Å². The Labute approximate surface area is 74.3 Å². The summed E-state index contributed by atoms with van der Waals surface area (Å²) < 4.78 is 31.1. The molecule has 2 nitrogen and oxygen atoms in total. The van der Waals surface area contributed by atoms with Crippen LogP contribution in [0.25, 0.3) is 0 Å². The maximum atomic E-state index is 13.2. The average molecular weight is 185 g/mol. The van der Waals surface area contributed by atoms with E-state index < -0.39 is 17.7 Å². The number of hydrogen-bond acceptors (Lipinski definition) is 2. The predicted octanol–water partition coefficient (Wildman–Crippen LogP) is 1.75. The Morgan fingerprint density at radius 1 is 1.38 bits per heavy atom. The van der Waals surface area contributed by atoms with Crippen LogP contribution in [-0.2, 0) is 0 Å². The smallest absolute Gasteiger partial charge is 0.167 e. The van der Waals surface area contributed by atoms with E-state index in [0.717, 1.165) is 6.07 Å². The van der Waals surface area contributed by atoms with Crippen molar-refractivity contribution in [1.82, 2.24) is 0 Å². The highest BCUT2D eigenvalue weighted by Gasteiger charge is 2.24. The molecule has 1 aliphatic rings. The van der Waals surface area contributed by atoms with Crippen LogP contribution >= 0.6 is 0 Å². The zero-order chi connectivity index (χ0) is 9.42. The molecular weight excluding hydrogens is 176 g/mol. The van der Waals surface area contributed by atoms with Crippen molar-refractivity contribution in [3.63, 3.8) is 0 Å². The molecule has 0 fully saturated rings. The molecule has 0 saturated carbocycles. The molecule has 13 heavy (non-hydrogen) atoms. The molecular formula is C9H9F2NO. The molecule has 1 aromatic carbocycles. The minimum absolute atomic E-state index is 0.159. The molecule has 0 saturated heterocycles. The first kappa shape index (κ1) is 8.44. The lowest BCUT2D eigenvalue weighted by Crippen LogP contribution is -2.22. The largest absolute Gasteiger partial charge is 0.493 e. The Bertz CT molecular complexity index is 341. The van der Waals surface area contributed by atoms with Gasteiger partial charge in [-0.1, -0.05) is 0 Å². The first-order chi connectivity index (χ1) is 6.20. The second kappa shape index (κ2) is 2.96. The van der Waals surface area contributed by atoms with Crippen molar-refractivity contribution in [3.05, 3.63) is 29.3 Å². The molecule has 1 heterocycles. The summed E-state index contributed by atoms with van der Waals surface area (Å²) in [6.45, 7) is 0.458. The van der Waals surface area contributed by atoms with Crippen LogP contribution in [-0.4, -0.2) is 6.61 Å². The van der Waals surface area contributed by atoms with Crippen molar-refractivity contribution in [1.29, 1.82) is 0 Å². The first-order valence-corrected chi connectivity index (χ1v) is 4.06. The van der Waals surface area contributed by atoms with Gasteiger partial charge in [-0.05, 0) is 12.1 Å². The van der Waals surface area contributed by atoms with Gasteiger partial charge in [0, 0.05) is 18.0 Å². The van der Waals surface area contributed by atoms with Gasteiger partial charge in [0.05, 0.1) is 6.61 Å². The molecule has 0 spiro atoms. The summed E-state index contributed by atoms with van der Waals surface area (Å²) in [5.74, 6) is -1.40. The fraction of sp³-hybridized carbons (Fsp3) is 0.333. The van der Waals surface area contributed by atoms with E-state index in [1.165, 1.54) is 6.07 Å².